The summed E-state index contributed by atoms with van der Waals surface area (Å²) in [4.78, 5) is 36.4. The summed E-state index contributed by atoms with van der Waals surface area (Å²) in [6.45, 7) is 1.46. The summed E-state index contributed by atoms with van der Waals surface area (Å²) < 4.78 is 4.96. The first kappa shape index (κ1) is 20.6. The number of aliphatic hydroxyl groups is 1. The number of hydrogen-bond acceptors (Lipinski definition) is 6. The van der Waals surface area contributed by atoms with Crippen LogP contribution in [0.15, 0.2) is 36.4 Å². The Morgan fingerprint density at radius 1 is 1.28 bits per heavy atom. The van der Waals surface area contributed by atoms with Gasteiger partial charge >= 0.3 is 11.9 Å². The van der Waals surface area contributed by atoms with Gasteiger partial charge in [-0.15, -0.1) is 0 Å². The summed E-state index contributed by atoms with van der Waals surface area (Å²) in [5, 5.41) is 32.3. The average Bonchev–Trinajstić information content (AvgIpc) is 2.67. The summed E-state index contributed by atoms with van der Waals surface area (Å²) in [5.74, 6) is -3.88. The molecule has 0 spiro atoms. The van der Waals surface area contributed by atoms with Gasteiger partial charge in [0.2, 0.25) is 0 Å². The van der Waals surface area contributed by atoms with Crippen molar-refractivity contribution in [3.63, 3.8) is 0 Å². The van der Waals surface area contributed by atoms with Gasteiger partial charge in [0.15, 0.2) is 0 Å². The van der Waals surface area contributed by atoms with Gasteiger partial charge in [-0.3, -0.25) is 4.79 Å². The fourth-order valence-electron chi connectivity index (χ4n) is 3.14. The number of carbonyl (C=O) groups is 3. The van der Waals surface area contributed by atoms with E-state index in [0.29, 0.717) is 5.56 Å². The highest BCUT2D eigenvalue weighted by molar-refractivity contribution is 6.32. The number of aromatic hydroxyl groups is 1. The van der Waals surface area contributed by atoms with Crippen molar-refractivity contribution in [3.05, 3.63) is 63.7 Å². The summed E-state index contributed by atoms with van der Waals surface area (Å²) >= 11 is 6.14. The van der Waals surface area contributed by atoms with Crippen LogP contribution in [0.3, 0.4) is 0 Å². The first-order valence-corrected chi connectivity index (χ1v) is 9.10. The molecule has 4 N–H and O–H groups in total. The van der Waals surface area contributed by atoms with Crippen LogP contribution >= 0.6 is 11.6 Å². The van der Waals surface area contributed by atoms with Crippen molar-refractivity contribution in [2.24, 2.45) is 0 Å². The number of phenolic OH excluding ortho intramolecular Hbond substituents is 1. The maximum Gasteiger partial charge on any atom is 0.342 e. The number of phenols is 1. The minimum Gasteiger partial charge on any atom is -0.506 e. The standard InChI is InChI=1S/C20H18ClNO7/c1-9-16(23)14-12(21)8-11(17(24)15(14)20(28)29-9)18(25)22-13(19(26)27)7-10-5-3-2-4-6-10/h2-6,8-9,13,16,23-24H,7H2,1H3,(H,22,25)(H,26,27)/t9-,13+,16?/m1/s1. The van der Waals surface area contributed by atoms with Gasteiger partial charge in [0.25, 0.3) is 5.91 Å². The third-order valence-corrected chi connectivity index (χ3v) is 4.97. The Hall–Kier alpha value is -3.10. The van der Waals surface area contributed by atoms with E-state index in [9.17, 15) is 29.7 Å². The van der Waals surface area contributed by atoms with E-state index in [1.807, 2.05) is 0 Å². The number of amides is 1. The predicted molar refractivity (Wildman–Crippen MR) is 102 cm³/mol. The quantitative estimate of drug-likeness (QED) is 0.545. The van der Waals surface area contributed by atoms with Crippen LogP contribution in [0, 0.1) is 0 Å². The molecule has 0 fully saturated rings. The van der Waals surface area contributed by atoms with Crippen molar-refractivity contribution in [2.45, 2.75) is 31.6 Å². The van der Waals surface area contributed by atoms with Crippen molar-refractivity contribution >= 4 is 29.4 Å². The number of carboxylic acids is 1. The highest BCUT2D eigenvalue weighted by atomic mass is 35.5. The monoisotopic (exact) mass is 419 g/mol. The molecule has 3 rings (SSSR count). The van der Waals surface area contributed by atoms with Crippen molar-refractivity contribution in [2.75, 3.05) is 0 Å². The van der Waals surface area contributed by atoms with Crippen LogP contribution in [0.2, 0.25) is 5.02 Å². The Bertz CT molecular complexity index is 977. The summed E-state index contributed by atoms with van der Waals surface area (Å²) in [6, 6.07) is 8.49. The molecule has 0 aromatic heterocycles. The molecular formula is C20H18ClNO7. The second-order valence-corrected chi connectivity index (χ2v) is 7.06. The highest BCUT2D eigenvalue weighted by Gasteiger charge is 2.38. The van der Waals surface area contributed by atoms with E-state index in [-0.39, 0.29) is 17.0 Å². The van der Waals surface area contributed by atoms with Crippen LogP contribution in [0.5, 0.6) is 5.75 Å². The second-order valence-electron chi connectivity index (χ2n) is 6.65. The molecule has 0 aliphatic carbocycles. The van der Waals surface area contributed by atoms with Gasteiger partial charge in [0.1, 0.15) is 29.6 Å². The number of fused-ring (bicyclic) bond motifs is 1. The molecule has 1 amide bonds. The van der Waals surface area contributed by atoms with Crippen LogP contribution in [0.4, 0.5) is 0 Å². The molecular weight excluding hydrogens is 402 g/mol. The number of benzene rings is 2. The Morgan fingerprint density at radius 2 is 1.93 bits per heavy atom. The van der Waals surface area contributed by atoms with Gasteiger partial charge in [-0.25, -0.2) is 9.59 Å². The van der Waals surface area contributed by atoms with Gasteiger partial charge in [0.05, 0.1) is 5.56 Å². The largest absolute Gasteiger partial charge is 0.506 e. The van der Waals surface area contributed by atoms with Crippen LogP contribution in [0.1, 0.15) is 44.9 Å². The lowest BCUT2D eigenvalue weighted by Gasteiger charge is -2.29. The SMILES string of the molecule is C[C@H]1OC(=O)c2c(O)c(C(=O)N[C@@H](Cc3ccccc3)C(=O)O)cc(Cl)c2C1O. The van der Waals surface area contributed by atoms with E-state index in [0.717, 1.165) is 6.07 Å². The zero-order chi connectivity index (χ0) is 21.3. The number of carboxylic acid groups (broad SMARTS) is 1. The number of carbonyl (C=O) groups excluding carboxylic acids is 2. The molecule has 1 heterocycles. The van der Waals surface area contributed by atoms with Crippen molar-refractivity contribution < 1.29 is 34.4 Å². The highest BCUT2D eigenvalue weighted by Crippen LogP contribution is 2.41. The number of cyclic esters (lactones) is 1. The fraction of sp³-hybridized carbons (Fsp3) is 0.250. The van der Waals surface area contributed by atoms with Gasteiger partial charge in [-0.05, 0) is 18.6 Å². The molecule has 152 valence electrons. The van der Waals surface area contributed by atoms with Gasteiger partial charge in [-0.2, -0.15) is 0 Å². The van der Waals surface area contributed by atoms with E-state index in [2.05, 4.69) is 5.32 Å². The third kappa shape index (κ3) is 4.03. The molecule has 8 nitrogen and oxygen atoms in total. The van der Waals surface area contributed by atoms with Crippen molar-refractivity contribution in [1.82, 2.24) is 5.32 Å². The Morgan fingerprint density at radius 3 is 2.55 bits per heavy atom. The van der Waals surface area contributed by atoms with Crippen molar-refractivity contribution in [3.8, 4) is 5.75 Å². The van der Waals surface area contributed by atoms with Gasteiger partial charge < -0.3 is 25.4 Å². The molecule has 1 aliphatic rings. The number of hydrogen-bond donors (Lipinski definition) is 4. The van der Waals surface area contributed by atoms with Crippen LogP contribution < -0.4 is 5.32 Å². The molecule has 2 aromatic carbocycles. The number of aliphatic carboxylic acids is 1. The normalized spacial score (nSPS) is 19.1. The minimum atomic E-state index is -1.28. The minimum absolute atomic E-state index is 0.0135. The van der Waals surface area contributed by atoms with Crippen LogP contribution in [0.25, 0.3) is 0 Å². The lowest BCUT2D eigenvalue weighted by Crippen LogP contribution is -2.42. The number of nitrogens with one attached hydrogen (secondary N) is 1. The molecule has 1 aliphatic heterocycles. The fourth-order valence-corrected chi connectivity index (χ4v) is 3.45. The van der Waals surface area contributed by atoms with E-state index in [1.54, 1.807) is 30.3 Å². The van der Waals surface area contributed by atoms with E-state index < -0.39 is 53.0 Å². The Balaban J connectivity index is 1.93. The first-order chi connectivity index (χ1) is 13.7. The molecule has 0 saturated carbocycles. The van der Waals surface area contributed by atoms with E-state index in [4.69, 9.17) is 16.3 Å². The van der Waals surface area contributed by atoms with Crippen LogP contribution in [-0.2, 0) is 16.0 Å². The Labute approximate surface area is 170 Å². The third-order valence-electron chi connectivity index (χ3n) is 4.66. The maximum atomic E-state index is 12.7. The van der Waals surface area contributed by atoms with Crippen molar-refractivity contribution in [1.29, 1.82) is 0 Å². The molecule has 3 atom stereocenters. The number of ether oxygens (including phenoxy) is 1. The molecule has 0 radical (unpaired) electrons. The number of aliphatic hydroxyl groups excluding tert-OH is 1. The molecule has 2 aromatic rings. The lowest BCUT2D eigenvalue weighted by molar-refractivity contribution is -0.139. The molecule has 9 heteroatoms. The molecule has 0 bridgehead atoms. The van der Waals surface area contributed by atoms with Gasteiger partial charge in [-0.1, -0.05) is 41.9 Å². The van der Waals surface area contributed by atoms with E-state index >= 15 is 0 Å². The first-order valence-electron chi connectivity index (χ1n) is 8.72. The summed E-state index contributed by atoms with van der Waals surface area (Å²) in [5.41, 5.74) is -0.160. The smallest absolute Gasteiger partial charge is 0.342 e. The predicted octanol–water partition coefficient (Wildman–Crippen LogP) is 2.06. The second kappa shape index (κ2) is 8.10. The van der Waals surface area contributed by atoms with Gasteiger partial charge in [0, 0.05) is 17.0 Å². The number of esters is 1. The average molecular weight is 420 g/mol. The zero-order valence-corrected chi connectivity index (χ0v) is 16.0. The molecule has 29 heavy (non-hydrogen) atoms. The maximum absolute atomic E-state index is 12.7. The Kier molecular flexibility index (Phi) is 5.76. The summed E-state index contributed by atoms with van der Waals surface area (Å²) in [6.07, 6.45) is -2.14. The number of halogens is 1. The lowest BCUT2D eigenvalue weighted by atomic mass is 9.93. The summed E-state index contributed by atoms with van der Waals surface area (Å²) in [7, 11) is 0. The molecule has 1 unspecified atom stereocenters. The molecule has 0 saturated heterocycles. The van der Waals surface area contributed by atoms with Crippen LogP contribution in [-0.4, -0.2) is 45.3 Å². The topological polar surface area (TPSA) is 133 Å². The van der Waals surface area contributed by atoms with E-state index in [1.165, 1.54) is 6.92 Å². The number of rotatable bonds is 5. The zero-order valence-electron chi connectivity index (χ0n) is 15.3.